The van der Waals surface area contributed by atoms with Crippen molar-refractivity contribution in [2.24, 2.45) is 0 Å². The molecule has 0 N–H and O–H groups in total. The van der Waals surface area contributed by atoms with Gasteiger partial charge in [0.1, 0.15) is 5.82 Å². The lowest BCUT2D eigenvalue weighted by molar-refractivity contribution is 0.122. The van der Waals surface area contributed by atoms with Crippen LogP contribution in [0.2, 0.25) is 0 Å². The van der Waals surface area contributed by atoms with E-state index in [1.165, 1.54) is 37.1 Å². The molecule has 0 unspecified atom stereocenters. The Morgan fingerprint density at radius 2 is 1.84 bits per heavy atom. The molecule has 134 valence electrons. The third kappa shape index (κ3) is 3.74. The first-order valence-corrected chi connectivity index (χ1v) is 7.92. The minimum atomic E-state index is -0.483. The van der Waals surface area contributed by atoms with E-state index in [0.29, 0.717) is 30.3 Å². The summed E-state index contributed by atoms with van der Waals surface area (Å²) in [6.07, 6.45) is 1.62. The summed E-state index contributed by atoms with van der Waals surface area (Å²) >= 11 is 0. The fraction of sp³-hybridized carbons (Fsp3) is 0.412. The minimum Gasteiger partial charge on any atom is -0.493 e. The van der Waals surface area contributed by atoms with Gasteiger partial charge in [-0.1, -0.05) is 0 Å². The summed E-state index contributed by atoms with van der Waals surface area (Å²) in [7, 11) is 2.91. The molecule has 0 amide bonds. The molecule has 0 saturated carbocycles. The number of benzene rings is 1. The lowest BCUT2D eigenvalue weighted by atomic mass is 10.2. The molecule has 1 aromatic heterocycles. The van der Waals surface area contributed by atoms with Crippen molar-refractivity contribution in [3.63, 3.8) is 0 Å². The Kier molecular flexibility index (Phi) is 5.18. The van der Waals surface area contributed by atoms with Gasteiger partial charge in [-0.3, -0.25) is 4.79 Å². The normalized spacial score (nSPS) is 14.4. The van der Waals surface area contributed by atoms with Crippen molar-refractivity contribution >= 4 is 5.69 Å². The van der Waals surface area contributed by atoms with Crippen LogP contribution in [-0.2, 0) is 11.3 Å². The Labute approximate surface area is 144 Å². The standard InChI is InChI=1S/C17H20FN3O4/c1-23-15-7-12(14(18)9-16(15)24-2)11-21-17(22)8-13(10-19-21)20-3-5-25-6-4-20/h7-10H,3-6,11H2,1-2H3. The molecule has 3 rings (SSSR count). The highest BCUT2D eigenvalue weighted by Gasteiger charge is 2.15. The van der Waals surface area contributed by atoms with E-state index in [2.05, 4.69) is 5.10 Å². The largest absolute Gasteiger partial charge is 0.493 e. The molecule has 8 heteroatoms. The zero-order valence-electron chi connectivity index (χ0n) is 14.2. The van der Waals surface area contributed by atoms with Crippen LogP contribution in [0.5, 0.6) is 11.5 Å². The van der Waals surface area contributed by atoms with Crippen LogP contribution in [0.15, 0.2) is 29.2 Å². The number of ether oxygens (including phenoxy) is 3. The fourth-order valence-corrected chi connectivity index (χ4v) is 2.72. The number of halogens is 1. The van der Waals surface area contributed by atoms with E-state index in [1.54, 1.807) is 6.20 Å². The van der Waals surface area contributed by atoms with E-state index >= 15 is 0 Å². The van der Waals surface area contributed by atoms with E-state index in [4.69, 9.17) is 14.2 Å². The molecular weight excluding hydrogens is 329 g/mol. The molecule has 0 aliphatic carbocycles. The molecule has 1 aliphatic heterocycles. The van der Waals surface area contributed by atoms with Crippen LogP contribution in [0, 0.1) is 5.82 Å². The van der Waals surface area contributed by atoms with E-state index in [1.807, 2.05) is 4.90 Å². The molecule has 1 fully saturated rings. The molecule has 25 heavy (non-hydrogen) atoms. The Morgan fingerprint density at radius 1 is 1.16 bits per heavy atom. The van der Waals surface area contributed by atoms with Crippen LogP contribution in [0.25, 0.3) is 0 Å². The zero-order valence-corrected chi connectivity index (χ0v) is 14.2. The van der Waals surface area contributed by atoms with Crippen LogP contribution in [0.3, 0.4) is 0 Å². The number of aromatic nitrogens is 2. The van der Waals surface area contributed by atoms with Crippen molar-refractivity contribution in [1.29, 1.82) is 0 Å². The van der Waals surface area contributed by atoms with Crippen molar-refractivity contribution in [2.45, 2.75) is 6.54 Å². The van der Waals surface area contributed by atoms with Gasteiger partial charge in [0.05, 0.1) is 45.9 Å². The molecule has 1 aliphatic rings. The number of morpholine rings is 1. The molecule has 2 heterocycles. The predicted molar refractivity (Wildman–Crippen MR) is 90.1 cm³/mol. The lowest BCUT2D eigenvalue weighted by Gasteiger charge is -2.28. The Morgan fingerprint density at radius 3 is 2.48 bits per heavy atom. The fourth-order valence-electron chi connectivity index (χ4n) is 2.72. The van der Waals surface area contributed by atoms with E-state index < -0.39 is 5.82 Å². The van der Waals surface area contributed by atoms with Crippen LogP contribution < -0.4 is 19.9 Å². The van der Waals surface area contributed by atoms with Crippen LogP contribution >= 0.6 is 0 Å². The van der Waals surface area contributed by atoms with Crippen molar-refractivity contribution < 1.29 is 18.6 Å². The monoisotopic (exact) mass is 349 g/mol. The van der Waals surface area contributed by atoms with E-state index in [-0.39, 0.29) is 12.1 Å². The first-order chi connectivity index (χ1) is 12.1. The average molecular weight is 349 g/mol. The van der Waals surface area contributed by atoms with Gasteiger partial charge in [-0.25, -0.2) is 9.07 Å². The third-order valence-corrected chi connectivity index (χ3v) is 4.10. The van der Waals surface area contributed by atoms with Crippen molar-refractivity contribution in [3.8, 4) is 11.5 Å². The third-order valence-electron chi connectivity index (χ3n) is 4.10. The highest BCUT2D eigenvalue weighted by atomic mass is 19.1. The van der Waals surface area contributed by atoms with Gasteiger partial charge < -0.3 is 19.1 Å². The summed E-state index contributed by atoms with van der Waals surface area (Å²) in [6, 6.07) is 4.26. The predicted octanol–water partition coefficient (Wildman–Crippen LogP) is 1.28. The van der Waals surface area contributed by atoms with Crippen LogP contribution in [-0.4, -0.2) is 50.3 Å². The van der Waals surface area contributed by atoms with Gasteiger partial charge in [-0.05, 0) is 6.07 Å². The second-order valence-electron chi connectivity index (χ2n) is 5.61. The summed E-state index contributed by atoms with van der Waals surface area (Å²) in [5, 5.41) is 4.17. The quantitative estimate of drug-likeness (QED) is 0.810. The maximum absolute atomic E-state index is 14.2. The van der Waals surface area contributed by atoms with Gasteiger partial charge in [0.2, 0.25) is 0 Å². The summed E-state index contributed by atoms with van der Waals surface area (Å²) < 4.78 is 31.0. The molecule has 2 aromatic rings. The number of rotatable bonds is 5. The van der Waals surface area contributed by atoms with E-state index in [0.717, 1.165) is 18.8 Å². The first kappa shape index (κ1) is 17.2. The summed E-state index contributed by atoms with van der Waals surface area (Å²) in [5.41, 5.74) is 0.752. The lowest BCUT2D eigenvalue weighted by Crippen LogP contribution is -2.37. The average Bonchev–Trinajstić information content (AvgIpc) is 2.65. The molecule has 0 bridgehead atoms. The summed E-state index contributed by atoms with van der Waals surface area (Å²) in [6.45, 7) is 2.69. The number of nitrogens with zero attached hydrogens (tertiary/aromatic N) is 3. The topological polar surface area (TPSA) is 65.8 Å². The van der Waals surface area contributed by atoms with Crippen molar-refractivity contribution in [2.75, 3.05) is 45.4 Å². The Hall–Kier alpha value is -2.61. The van der Waals surface area contributed by atoms with Gasteiger partial charge in [-0.2, -0.15) is 5.10 Å². The van der Waals surface area contributed by atoms with Gasteiger partial charge in [0.25, 0.3) is 5.56 Å². The minimum absolute atomic E-state index is 0.00835. The number of hydrogen-bond donors (Lipinski definition) is 0. The molecule has 0 spiro atoms. The molecular formula is C17H20FN3O4. The second kappa shape index (κ2) is 7.52. The Bertz CT molecular complexity index is 803. The molecule has 0 radical (unpaired) electrons. The zero-order chi connectivity index (χ0) is 17.8. The van der Waals surface area contributed by atoms with Crippen LogP contribution in [0.4, 0.5) is 10.1 Å². The molecule has 7 nitrogen and oxygen atoms in total. The molecule has 1 saturated heterocycles. The van der Waals surface area contributed by atoms with Crippen molar-refractivity contribution in [3.05, 3.63) is 46.1 Å². The highest BCUT2D eigenvalue weighted by Crippen LogP contribution is 2.30. The maximum atomic E-state index is 14.2. The van der Waals surface area contributed by atoms with Gasteiger partial charge in [0.15, 0.2) is 11.5 Å². The second-order valence-corrected chi connectivity index (χ2v) is 5.61. The summed E-state index contributed by atoms with van der Waals surface area (Å²) in [5.74, 6) is 0.215. The maximum Gasteiger partial charge on any atom is 0.269 e. The van der Waals surface area contributed by atoms with Gasteiger partial charge in [-0.15, -0.1) is 0 Å². The Balaban J connectivity index is 1.84. The van der Waals surface area contributed by atoms with Gasteiger partial charge in [0, 0.05) is 30.8 Å². The number of anilines is 1. The number of hydrogen-bond acceptors (Lipinski definition) is 6. The SMILES string of the molecule is COc1cc(F)c(Cn2ncc(N3CCOCC3)cc2=O)cc1OC. The first-order valence-electron chi connectivity index (χ1n) is 7.92. The van der Waals surface area contributed by atoms with Crippen molar-refractivity contribution in [1.82, 2.24) is 9.78 Å². The number of methoxy groups -OCH3 is 2. The molecule has 0 atom stereocenters. The van der Waals surface area contributed by atoms with Crippen LogP contribution in [0.1, 0.15) is 5.56 Å². The van der Waals surface area contributed by atoms with Gasteiger partial charge >= 0.3 is 0 Å². The molecule has 1 aromatic carbocycles. The summed E-state index contributed by atoms with van der Waals surface area (Å²) in [4.78, 5) is 14.4. The highest BCUT2D eigenvalue weighted by molar-refractivity contribution is 5.45. The smallest absolute Gasteiger partial charge is 0.269 e. The van der Waals surface area contributed by atoms with E-state index in [9.17, 15) is 9.18 Å².